The van der Waals surface area contributed by atoms with Crippen molar-refractivity contribution in [2.45, 2.75) is 65.3 Å². The van der Waals surface area contributed by atoms with E-state index in [1.807, 2.05) is 0 Å². The minimum absolute atomic E-state index is 0.774. The second-order valence-electron chi connectivity index (χ2n) is 5.09. The zero-order chi connectivity index (χ0) is 10.4. The first-order chi connectivity index (χ1) is 6.76. The van der Waals surface area contributed by atoms with Crippen LogP contribution in [0.1, 0.15) is 59.3 Å². The molecule has 1 aliphatic rings. The molecule has 0 aromatic rings. The summed E-state index contributed by atoms with van der Waals surface area (Å²) < 4.78 is 0. The SMILES string of the molecule is CCCC(CC)NCC1CCC(C)C1. The summed E-state index contributed by atoms with van der Waals surface area (Å²) in [6, 6.07) is 0.774. The van der Waals surface area contributed by atoms with Crippen molar-refractivity contribution in [2.24, 2.45) is 11.8 Å². The lowest BCUT2D eigenvalue weighted by atomic mass is 10.0. The third-order valence-corrected chi connectivity index (χ3v) is 3.63. The first-order valence-electron chi connectivity index (χ1n) is 6.49. The average molecular weight is 197 g/mol. The Morgan fingerprint density at radius 1 is 1.29 bits per heavy atom. The quantitative estimate of drug-likeness (QED) is 0.686. The lowest BCUT2D eigenvalue weighted by Crippen LogP contribution is -2.32. The first-order valence-corrected chi connectivity index (χ1v) is 6.49. The summed E-state index contributed by atoms with van der Waals surface area (Å²) in [5.74, 6) is 1.95. The van der Waals surface area contributed by atoms with Crippen molar-refractivity contribution in [1.82, 2.24) is 5.32 Å². The van der Waals surface area contributed by atoms with E-state index < -0.39 is 0 Å². The van der Waals surface area contributed by atoms with Crippen molar-refractivity contribution in [3.05, 3.63) is 0 Å². The minimum atomic E-state index is 0.774. The van der Waals surface area contributed by atoms with Crippen LogP contribution in [0.25, 0.3) is 0 Å². The lowest BCUT2D eigenvalue weighted by molar-refractivity contribution is 0.398. The van der Waals surface area contributed by atoms with Gasteiger partial charge in [0, 0.05) is 6.04 Å². The Bertz CT molecular complexity index is 140. The molecule has 0 aromatic heterocycles. The number of hydrogen-bond acceptors (Lipinski definition) is 1. The van der Waals surface area contributed by atoms with Crippen LogP contribution in [-0.2, 0) is 0 Å². The number of hydrogen-bond donors (Lipinski definition) is 1. The van der Waals surface area contributed by atoms with Crippen LogP contribution in [0.15, 0.2) is 0 Å². The Hall–Kier alpha value is -0.0400. The molecule has 1 rings (SSSR count). The predicted molar refractivity (Wildman–Crippen MR) is 63.5 cm³/mol. The van der Waals surface area contributed by atoms with Gasteiger partial charge in [0.1, 0.15) is 0 Å². The van der Waals surface area contributed by atoms with E-state index in [-0.39, 0.29) is 0 Å². The molecular weight excluding hydrogens is 170 g/mol. The highest BCUT2D eigenvalue weighted by Crippen LogP contribution is 2.29. The van der Waals surface area contributed by atoms with Gasteiger partial charge in [-0.15, -0.1) is 0 Å². The molecule has 0 radical (unpaired) electrons. The van der Waals surface area contributed by atoms with Crippen LogP contribution in [0.3, 0.4) is 0 Å². The minimum Gasteiger partial charge on any atom is -0.314 e. The average Bonchev–Trinajstić information content (AvgIpc) is 2.59. The molecule has 0 heterocycles. The molecular formula is C13H27N. The molecule has 0 saturated heterocycles. The van der Waals surface area contributed by atoms with E-state index in [4.69, 9.17) is 0 Å². The van der Waals surface area contributed by atoms with Gasteiger partial charge in [-0.05, 0) is 44.1 Å². The van der Waals surface area contributed by atoms with Crippen LogP contribution < -0.4 is 5.32 Å². The van der Waals surface area contributed by atoms with E-state index in [1.165, 1.54) is 45.1 Å². The monoisotopic (exact) mass is 197 g/mol. The zero-order valence-corrected chi connectivity index (χ0v) is 10.2. The summed E-state index contributed by atoms with van der Waals surface area (Å²) in [4.78, 5) is 0. The topological polar surface area (TPSA) is 12.0 Å². The fourth-order valence-corrected chi connectivity index (χ4v) is 2.64. The second kappa shape index (κ2) is 6.44. The van der Waals surface area contributed by atoms with Crippen molar-refractivity contribution in [3.63, 3.8) is 0 Å². The maximum atomic E-state index is 3.73. The Balaban J connectivity index is 2.12. The van der Waals surface area contributed by atoms with E-state index >= 15 is 0 Å². The van der Waals surface area contributed by atoms with Gasteiger partial charge in [-0.25, -0.2) is 0 Å². The number of nitrogens with one attached hydrogen (secondary N) is 1. The molecule has 14 heavy (non-hydrogen) atoms. The third-order valence-electron chi connectivity index (χ3n) is 3.63. The summed E-state index contributed by atoms with van der Waals surface area (Å²) in [7, 11) is 0. The van der Waals surface area contributed by atoms with Gasteiger partial charge in [0.2, 0.25) is 0 Å². The highest BCUT2D eigenvalue weighted by molar-refractivity contribution is 4.76. The molecule has 84 valence electrons. The van der Waals surface area contributed by atoms with Crippen LogP contribution >= 0.6 is 0 Å². The van der Waals surface area contributed by atoms with Gasteiger partial charge < -0.3 is 5.32 Å². The second-order valence-corrected chi connectivity index (χ2v) is 5.09. The molecule has 1 heteroatoms. The van der Waals surface area contributed by atoms with Gasteiger partial charge in [-0.1, -0.05) is 33.6 Å². The molecule has 1 saturated carbocycles. The molecule has 0 aliphatic heterocycles. The van der Waals surface area contributed by atoms with Gasteiger partial charge >= 0.3 is 0 Å². The largest absolute Gasteiger partial charge is 0.314 e. The maximum Gasteiger partial charge on any atom is 0.00644 e. The van der Waals surface area contributed by atoms with Crippen molar-refractivity contribution >= 4 is 0 Å². The normalized spacial score (nSPS) is 29.4. The van der Waals surface area contributed by atoms with Crippen LogP contribution in [-0.4, -0.2) is 12.6 Å². The summed E-state index contributed by atoms with van der Waals surface area (Å²) in [5, 5.41) is 3.73. The predicted octanol–water partition coefficient (Wildman–Crippen LogP) is 3.59. The molecule has 0 bridgehead atoms. The van der Waals surface area contributed by atoms with Crippen molar-refractivity contribution in [1.29, 1.82) is 0 Å². The van der Waals surface area contributed by atoms with Crippen molar-refractivity contribution in [3.8, 4) is 0 Å². The standard InChI is InChI=1S/C13H27N/c1-4-6-13(5-2)14-10-12-8-7-11(3)9-12/h11-14H,4-10H2,1-3H3. The van der Waals surface area contributed by atoms with E-state index in [0.29, 0.717) is 0 Å². The smallest absolute Gasteiger partial charge is 0.00644 e. The number of rotatable bonds is 6. The van der Waals surface area contributed by atoms with Crippen LogP contribution in [0, 0.1) is 11.8 Å². The van der Waals surface area contributed by atoms with E-state index in [2.05, 4.69) is 26.1 Å². The van der Waals surface area contributed by atoms with Crippen LogP contribution in [0.4, 0.5) is 0 Å². The fourth-order valence-electron chi connectivity index (χ4n) is 2.64. The first kappa shape index (κ1) is 12.0. The van der Waals surface area contributed by atoms with Crippen molar-refractivity contribution in [2.75, 3.05) is 6.54 Å². The van der Waals surface area contributed by atoms with Gasteiger partial charge in [0.15, 0.2) is 0 Å². The molecule has 3 atom stereocenters. The fraction of sp³-hybridized carbons (Fsp3) is 1.00. The molecule has 0 spiro atoms. The molecule has 3 unspecified atom stereocenters. The summed E-state index contributed by atoms with van der Waals surface area (Å²) in [6.07, 6.45) is 8.31. The Kier molecular flexibility index (Phi) is 5.54. The Morgan fingerprint density at radius 2 is 2.07 bits per heavy atom. The molecule has 1 fully saturated rings. The van der Waals surface area contributed by atoms with Gasteiger partial charge in [-0.2, -0.15) is 0 Å². The van der Waals surface area contributed by atoms with E-state index in [0.717, 1.165) is 17.9 Å². The molecule has 1 aliphatic carbocycles. The van der Waals surface area contributed by atoms with E-state index in [1.54, 1.807) is 0 Å². The zero-order valence-electron chi connectivity index (χ0n) is 10.2. The summed E-state index contributed by atoms with van der Waals surface area (Å²) in [6.45, 7) is 8.23. The molecule has 1 N–H and O–H groups in total. The summed E-state index contributed by atoms with van der Waals surface area (Å²) >= 11 is 0. The van der Waals surface area contributed by atoms with Crippen molar-refractivity contribution < 1.29 is 0 Å². The van der Waals surface area contributed by atoms with Gasteiger partial charge in [0.25, 0.3) is 0 Å². The Labute approximate surface area is 89.7 Å². The summed E-state index contributed by atoms with van der Waals surface area (Å²) in [5.41, 5.74) is 0. The lowest BCUT2D eigenvalue weighted by Gasteiger charge is -2.19. The van der Waals surface area contributed by atoms with Gasteiger partial charge in [0.05, 0.1) is 0 Å². The third kappa shape index (κ3) is 4.00. The van der Waals surface area contributed by atoms with Crippen LogP contribution in [0.5, 0.6) is 0 Å². The van der Waals surface area contributed by atoms with Crippen LogP contribution in [0.2, 0.25) is 0 Å². The highest BCUT2D eigenvalue weighted by atomic mass is 14.9. The maximum absolute atomic E-state index is 3.73. The molecule has 0 aromatic carbocycles. The van der Waals surface area contributed by atoms with Gasteiger partial charge in [-0.3, -0.25) is 0 Å². The molecule has 1 nitrogen and oxygen atoms in total. The Morgan fingerprint density at radius 3 is 2.57 bits per heavy atom. The highest BCUT2D eigenvalue weighted by Gasteiger charge is 2.21. The van der Waals surface area contributed by atoms with E-state index in [9.17, 15) is 0 Å². The molecule has 0 amide bonds.